The number of halogens is 1. The molecule has 0 N–H and O–H groups in total. The smallest absolute Gasteiger partial charge is 0.410 e. The van der Waals surface area contributed by atoms with Gasteiger partial charge in [0.2, 0.25) is 8.32 Å². The molecule has 2 heterocycles. The second-order valence-corrected chi connectivity index (χ2v) is 23.1. The first-order valence-electron chi connectivity index (χ1n) is 22.7. The van der Waals surface area contributed by atoms with Crippen LogP contribution in [-0.2, 0) is 48.0 Å². The molecule has 13 heteroatoms. The molecule has 2 aliphatic heterocycles. The van der Waals surface area contributed by atoms with Crippen LogP contribution in [0.2, 0.25) is 16.6 Å². The zero-order chi connectivity index (χ0) is 45.6. The lowest BCUT2D eigenvalue weighted by Gasteiger charge is -2.50. The van der Waals surface area contributed by atoms with Crippen LogP contribution in [0.15, 0.2) is 97.1 Å². The van der Waals surface area contributed by atoms with Gasteiger partial charge in [-0.3, -0.25) is 4.79 Å². The zero-order valence-electron chi connectivity index (χ0n) is 38.6. The van der Waals surface area contributed by atoms with Gasteiger partial charge in [0, 0.05) is 44.7 Å². The number of piperidine rings is 1. The summed E-state index contributed by atoms with van der Waals surface area (Å²) in [5, 5.41) is 0. The molecule has 0 bridgehead atoms. The van der Waals surface area contributed by atoms with Crippen molar-refractivity contribution in [1.82, 2.24) is 4.90 Å². The van der Waals surface area contributed by atoms with E-state index in [4.69, 9.17) is 32.8 Å². The van der Waals surface area contributed by atoms with Crippen molar-refractivity contribution in [2.24, 2.45) is 0 Å². The van der Waals surface area contributed by atoms with E-state index in [-0.39, 0.29) is 50.6 Å². The summed E-state index contributed by atoms with van der Waals surface area (Å²) in [4.78, 5) is 30.6. The van der Waals surface area contributed by atoms with Crippen LogP contribution in [0.4, 0.5) is 14.9 Å². The number of methoxy groups -OCH3 is 1. The van der Waals surface area contributed by atoms with Crippen molar-refractivity contribution in [2.45, 2.75) is 109 Å². The van der Waals surface area contributed by atoms with Gasteiger partial charge in [0.25, 0.3) is 5.91 Å². The van der Waals surface area contributed by atoms with E-state index in [1.54, 1.807) is 35.1 Å². The van der Waals surface area contributed by atoms with Gasteiger partial charge in [0.15, 0.2) is 6.61 Å². The number of hydrogen-bond acceptors (Lipinski definition) is 9. The van der Waals surface area contributed by atoms with Crippen LogP contribution in [0.25, 0.3) is 0 Å². The lowest BCUT2D eigenvalue weighted by atomic mass is 9.84. The highest BCUT2D eigenvalue weighted by Gasteiger charge is 2.51. The molecular formula is C51H67FN2O9Si. The molecule has 0 aromatic heterocycles. The van der Waals surface area contributed by atoms with Crippen LogP contribution in [0.5, 0.6) is 11.5 Å². The highest BCUT2D eigenvalue weighted by Crippen LogP contribution is 2.46. The Balaban J connectivity index is 1.27. The Morgan fingerprint density at radius 1 is 0.781 bits per heavy atom. The summed E-state index contributed by atoms with van der Waals surface area (Å²) in [6.45, 7) is 16.7. The minimum atomic E-state index is -2.50. The van der Waals surface area contributed by atoms with Crippen molar-refractivity contribution in [2.75, 3.05) is 58.1 Å². The van der Waals surface area contributed by atoms with Gasteiger partial charge in [-0.2, -0.15) is 0 Å². The van der Waals surface area contributed by atoms with Crippen molar-refractivity contribution in [3.8, 4) is 11.5 Å². The van der Waals surface area contributed by atoms with E-state index in [1.807, 2.05) is 60.7 Å². The zero-order valence-corrected chi connectivity index (χ0v) is 39.6. The average molecular weight is 899 g/mol. The first-order chi connectivity index (χ1) is 30.9. The summed E-state index contributed by atoms with van der Waals surface area (Å²) in [6.07, 6.45) is -0.000712. The van der Waals surface area contributed by atoms with Crippen molar-refractivity contribution in [3.63, 3.8) is 0 Å². The molecule has 11 nitrogen and oxygen atoms in total. The number of hydrogen-bond donors (Lipinski definition) is 0. The lowest BCUT2D eigenvalue weighted by molar-refractivity contribution is -0.121. The number of amides is 2. The molecule has 3 atom stereocenters. The Bertz CT molecular complexity index is 2060. The van der Waals surface area contributed by atoms with Gasteiger partial charge in [-0.05, 0) is 70.1 Å². The number of anilines is 1. The summed E-state index contributed by atoms with van der Waals surface area (Å²) in [5.74, 6) is 0.728. The van der Waals surface area contributed by atoms with E-state index in [0.29, 0.717) is 85.1 Å². The number of fused-ring (bicyclic) bond motifs is 1. The van der Waals surface area contributed by atoms with Crippen LogP contribution >= 0.6 is 0 Å². The molecule has 64 heavy (non-hydrogen) atoms. The highest BCUT2D eigenvalue weighted by molar-refractivity contribution is 6.77. The number of rotatable bonds is 22. The summed E-state index contributed by atoms with van der Waals surface area (Å²) in [7, 11) is -0.851. The van der Waals surface area contributed by atoms with Crippen LogP contribution < -0.4 is 14.4 Å². The second kappa shape index (κ2) is 23.4. The van der Waals surface area contributed by atoms with Gasteiger partial charge in [0.1, 0.15) is 23.9 Å². The predicted molar refractivity (Wildman–Crippen MR) is 249 cm³/mol. The van der Waals surface area contributed by atoms with Crippen molar-refractivity contribution >= 4 is 26.0 Å². The second-order valence-electron chi connectivity index (χ2n) is 17.7. The Hall–Kier alpha value is -4.79. The maximum Gasteiger partial charge on any atom is 0.410 e. The van der Waals surface area contributed by atoms with Gasteiger partial charge in [-0.1, -0.05) is 108 Å². The molecule has 4 aromatic carbocycles. The third-order valence-corrected chi connectivity index (χ3v) is 18.6. The lowest BCUT2D eigenvalue weighted by Crippen LogP contribution is -2.59. The Morgan fingerprint density at radius 2 is 1.48 bits per heavy atom. The average Bonchev–Trinajstić information content (AvgIpc) is 3.29. The Morgan fingerprint density at radius 3 is 2.19 bits per heavy atom. The number of carbonyl (C=O) groups excluding carboxylic acids is 2. The summed E-state index contributed by atoms with van der Waals surface area (Å²) < 4.78 is 57.5. The molecule has 2 aliphatic rings. The number of ether oxygens (including phenoxy) is 6. The maximum atomic E-state index is 14.1. The van der Waals surface area contributed by atoms with E-state index in [9.17, 15) is 14.0 Å². The van der Waals surface area contributed by atoms with Gasteiger partial charge in [-0.25, -0.2) is 9.18 Å². The van der Waals surface area contributed by atoms with Crippen molar-refractivity contribution < 1.29 is 46.8 Å². The molecule has 346 valence electrons. The Kier molecular flexibility index (Phi) is 17.8. The number of carbonyl (C=O) groups is 2. The first kappa shape index (κ1) is 48.7. The largest absolute Gasteiger partial charge is 0.494 e. The van der Waals surface area contributed by atoms with E-state index in [2.05, 4.69) is 53.7 Å². The quantitative estimate of drug-likeness (QED) is 0.0563. The molecular weight excluding hydrogens is 832 g/mol. The standard InChI is InChI=1S/C51H67FN2O9Si/c1-36(2)64(37(3)4,38(5)6)63-48-31-53(51(56)62-32-39-15-9-8-10-16-39)30-47(60-33-40-19-24-46-45(29-40)54(25-13-26-57-7)49(55)35-61-46)50(48)41-20-22-43(23-21-41)59-28-14-27-58-34-42-17-11-12-18-44(42)52/h8-12,15-24,29,36-38,47-48,50H,13-14,25-28,30-35H2,1-7H3. The maximum absolute atomic E-state index is 14.1. The summed E-state index contributed by atoms with van der Waals surface area (Å²) in [5.41, 5.74) is 4.91. The molecule has 0 aliphatic carbocycles. The molecule has 3 unspecified atom stereocenters. The van der Waals surface area contributed by atoms with E-state index in [1.165, 1.54) is 6.07 Å². The van der Waals surface area contributed by atoms with E-state index >= 15 is 0 Å². The molecule has 2 amide bonds. The minimum Gasteiger partial charge on any atom is -0.494 e. The monoisotopic (exact) mass is 898 g/mol. The van der Waals surface area contributed by atoms with Crippen molar-refractivity contribution in [3.05, 3.63) is 125 Å². The molecule has 6 rings (SSSR count). The van der Waals surface area contributed by atoms with Crippen LogP contribution in [0.3, 0.4) is 0 Å². The van der Waals surface area contributed by atoms with E-state index < -0.39 is 26.6 Å². The van der Waals surface area contributed by atoms with E-state index in [0.717, 1.165) is 16.7 Å². The fourth-order valence-electron chi connectivity index (χ4n) is 9.39. The molecule has 0 radical (unpaired) electrons. The normalized spacial score (nSPS) is 17.8. The molecule has 4 aromatic rings. The Labute approximate surface area is 380 Å². The number of benzene rings is 4. The van der Waals surface area contributed by atoms with Gasteiger partial charge < -0.3 is 42.6 Å². The summed E-state index contributed by atoms with van der Waals surface area (Å²) in [6, 6.07) is 30.2. The molecule has 1 fully saturated rings. The first-order valence-corrected chi connectivity index (χ1v) is 24.9. The van der Waals surface area contributed by atoms with Crippen LogP contribution in [-0.4, -0.2) is 90.6 Å². The number of nitrogens with zero attached hydrogens (tertiary/aromatic N) is 2. The fraction of sp³-hybridized carbons (Fsp3) is 0.490. The van der Waals surface area contributed by atoms with Gasteiger partial charge in [0.05, 0.1) is 50.9 Å². The third-order valence-electron chi connectivity index (χ3n) is 12.5. The predicted octanol–water partition coefficient (Wildman–Crippen LogP) is 10.5. The summed E-state index contributed by atoms with van der Waals surface area (Å²) >= 11 is 0. The van der Waals surface area contributed by atoms with Gasteiger partial charge >= 0.3 is 6.09 Å². The fourth-order valence-corrected chi connectivity index (χ4v) is 15.0. The van der Waals surface area contributed by atoms with Crippen molar-refractivity contribution in [1.29, 1.82) is 0 Å². The third kappa shape index (κ3) is 12.3. The highest BCUT2D eigenvalue weighted by atomic mass is 28.4. The van der Waals surface area contributed by atoms with Crippen LogP contribution in [0, 0.1) is 5.82 Å². The number of likely N-dealkylation sites (tertiary alicyclic amines) is 1. The SMILES string of the molecule is COCCCN1C(=O)COc2ccc(COC3CN(C(=O)OCc4ccccc4)CC(O[Si](C(C)C)(C(C)C)C(C)C)C3c3ccc(OCCCOCc4ccccc4F)cc3)cc21. The molecule has 1 saturated heterocycles. The van der Waals surface area contributed by atoms with Gasteiger partial charge in [-0.15, -0.1) is 0 Å². The molecule has 0 spiro atoms. The molecule has 0 saturated carbocycles. The van der Waals surface area contributed by atoms with Crippen LogP contribution in [0.1, 0.15) is 82.6 Å². The minimum absolute atomic E-state index is 0.0135. The topological polar surface area (TPSA) is 105 Å².